The number of nitrogens with zero attached hydrogens (tertiary/aromatic N) is 1. The van der Waals surface area contributed by atoms with Gasteiger partial charge in [0, 0.05) is 19.3 Å². The van der Waals surface area contributed by atoms with E-state index >= 15 is 0 Å². The maximum atomic E-state index is 12.5. The van der Waals surface area contributed by atoms with Crippen molar-refractivity contribution in [1.82, 2.24) is 9.62 Å². The molecule has 0 aliphatic heterocycles. The lowest BCUT2D eigenvalue weighted by atomic mass is 10.2. The summed E-state index contributed by atoms with van der Waals surface area (Å²) in [7, 11) is -1.93. The second kappa shape index (κ2) is 9.68. The summed E-state index contributed by atoms with van der Waals surface area (Å²) in [6.45, 7) is 4.52. The molecule has 0 unspecified atom stereocenters. The third kappa shape index (κ3) is 5.92. The van der Waals surface area contributed by atoms with Crippen molar-refractivity contribution in [2.24, 2.45) is 0 Å². The Balaban J connectivity index is 1.90. The molecule has 1 heterocycles. The molecular formula is C19H27N3O4S. The third-order valence-electron chi connectivity index (χ3n) is 4.21. The van der Waals surface area contributed by atoms with E-state index in [0.717, 1.165) is 18.6 Å². The molecule has 2 N–H and O–H groups in total. The molecular weight excluding hydrogens is 366 g/mol. The van der Waals surface area contributed by atoms with Gasteiger partial charge in [-0.3, -0.25) is 10.1 Å². The number of benzene rings is 1. The lowest BCUT2D eigenvalue weighted by Crippen LogP contribution is -2.30. The Labute approximate surface area is 160 Å². The van der Waals surface area contributed by atoms with Crippen LogP contribution in [0, 0.1) is 0 Å². The van der Waals surface area contributed by atoms with Crippen molar-refractivity contribution in [2.45, 2.75) is 37.6 Å². The predicted molar refractivity (Wildman–Crippen MR) is 105 cm³/mol. The number of hydrogen-bond acceptors (Lipinski definition) is 5. The SMILES string of the molecule is CCCCN(C)S(=O)(=O)c1ccc(NC(=O)CN[C@@H](C)c2ccco2)cc1. The van der Waals surface area contributed by atoms with Gasteiger partial charge in [0.15, 0.2) is 0 Å². The van der Waals surface area contributed by atoms with Gasteiger partial charge in [0.05, 0.1) is 23.7 Å². The maximum Gasteiger partial charge on any atom is 0.242 e. The van der Waals surface area contributed by atoms with Crippen LogP contribution in [0.4, 0.5) is 5.69 Å². The molecule has 1 aromatic carbocycles. The summed E-state index contributed by atoms with van der Waals surface area (Å²) in [6, 6.07) is 9.74. The average molecular weight is 394 g/mol. The van der Waals surface area contributed by atoms with Gasteiger partial charge in [0.2, 0.25) is 15.9 Å². The molecule has 2 rings (SSSR count). The van der Waals surface area contributed by atoms with Crippen molar-refractivity contribution < 1.29 is 17.6 Å². The first-order chi connectivity index (χ1) is 12.8. The van der Waals surface area contributed by atoms with Gasteiger partial charge in [0.25, 0.3) is 0 Å². The number of furan rings is 1. The number of hydrogen-bond donors (Lipinski definition) is 2. The second-order valence-corrected chi connectivity index (χ2v) is 8.42. The van der Waals surface area contributed by atoms with Crippen LogP contribution in [0.2, 0.25) is 0 Å². The molecule has 27 heavy (non-hydrogen) atoms. The van der Waals surface area contributed by atoms with Gasteiger partial charge < -0.3 is 9.73 Å². The number of rotatable bonds is 10. The fraction of sp³-hybridized carbons (Fsp3) is 0.421. The van der Waals surface area contributed by atoms with E-state index in [1.807, 2.05) is 19.9 Å². The largest absolute Gasteiger partial charge is 0.468 e. The van der Waals surface area contributed by atoms with E-state index in [1.165, 1.54) is 16.4 Å². The summed E-state index contributed by atoms with van der Waals surface area (Å²) in [5, 5.41) is 5.81. The highest BCUT2D eigenvalue weighted by Gasteiger charge is 2.20. The maximum absolute atomic E-state index is 12.5. The van der Waals surface area contributed by atoms with E-state index in [4.69, 9.17) is 4.42 Å². The Bertz CT molecular complexity index is 817. The van der Waals surface area contributed by atoms with Gasteiger partial charge in [-0.25, -0.2) is 12.7 Å². The number of amides is 1. The van der Waals surface area contributed by atoms with E-state index < -0.39 is 10.0 Å². The van der Waals surface area contributed by atoms with Crippen molar-refractivity contribution in [3.63, 3.8) is 0 Å². The molecule has 1 atom stereocenters. The minimum Gasteiger partial charge on any atom is -0.468 e. The van der Waals surface area contributed by atoms with Crippen LogP contribution in [0.15, 0.2) is 52.0 Å². The van der Waals surface area contributed by atoms with Crippen molar-refractivity contribution >= 4 is 21.6 Å². The fourth-order valence-electron chi connectivity index (χ4n) is 2.48. The normalized spacial score (nSPS) is 12.9. The van der Waals surface area contributed by atoms with E-state index in [-0.39, 0.29) is 23.4 Å². The van der Waals surface area contributed by atoms with Crippen LogP contribution < -0.4 is 10.6 Å². The molecule has 0 saturated heterocycles. The molecule has 1 amide bonds. The van der Waals surface area contributed by atoms with Crippen LogP contribution in [-0.2, 0) is 14.8 Å². The molecule has 2 aromatic rings. The summed E-state index contributed by atoms with van der Waals surface area (Å²) >= 11 is 0. The Morgan fingerprint density at radius 3 is 2.52 bits per heavy atom. The van der Waals surface area contributed by atoms with Crippen LogP contribution in [-0.4, -0.2) is 38.8 Å². The zero-order valence-corrected chi connectivity index (χ0v) is 16.8. The number of anilines is 1. The van der Waals surface area contributed by atoms with E-state index in [1.54, 1.807) is 31.5 Å². The molecule has 0 fully saturated rings. The van der Waals surface area contributed by atoms with Crippen LogP contribution in [0.3, 0.4) is 0 Å². The average Bonchev–Trinajstić information content (AvgIpc) is 3.19. The minimum absolute atomic E-state index is 0.0862. The van der Waals surface area contributed by atoms with E-state index in [9.17, 15) is 13.2 Å². The zero-order chi connectivity index (χ0) is 19.9. The summed E-state index contributed by atoms with van der Waals surface area (Å²) < 4.78 is 31.6. The van der Waals surface area contributed by atoms with Gasteiger partial charge >= 0.3 is 0 Å². The molecule has 0 saturated carbocycles. The lowest BCUT2D eigenvalue weighted by molar-refractivity contribution is -0.115. The zero-order valence-electron chi connectivity index (χ0n) is 15.9. The predicted octanol–water partition coefficient (Wildman–Crippen LogP) is 2.99. The quantitative estimate of drug-likeness (QED) is 0.647. The third-order valence-corrected chi connectivity index (χ3v) is 6.08. The molecule has 0 aliphatic carbocycles. The minimum atomic E-state index is -3.51. The van der Waals surface area contributed by atoms with Crippen molar-refractivity contribution in [3.8, 4) is 0 Å². The molecule has 7 nitrogen and oxygen atoms in total. The van der Waals surface area contributed by atoms with Gasteiger partial charge in [-0.15, -0.1) is 0 Å². The van der Waals surface area contributed by atoms with Gasteiger partial charge in [-0.2, -0.15) is 0 Å². The Morgan fingerprint density at radius 1 is 1.22 bits per heavy atom. The molecule has 0 radical (unpaired) electrons. The highest BCUT2D eigenvalue weighted by atomic mass is 32.2. The number of carbonyl (C=O) groups excluding carboxylic acids is 1. The van der Waals surface area contributed by atoms with E-state index in [0.29, 0.717) is 12.2 Å². The van der Waals surface area contributed by atoms with Crippen LogP contribution in [0.1, 0.15) is 38.5 Å². The monoisotopic (exact) mass is 393 g/mol. The molecule has 0 bridgehead atoms. The smallest absolute Gasteiger partial charge is 0.242 e. The molecule has 148 valence electrons. The first kappa shape index (κ1) is 21.1. The lowest BCUT2D eigenvalue weighted by Gasteiger charge is -2.17. The molecule has 8 heteroatoms. The molecule has 1 aromatic heterocycles. The standard InChI is InChI=1S/C19H27N3O4S/c1-4-5-12-22(3)27(24,25)17-10-8-16(9-11-17)21-19(23)14-20-15(2)18-7-6-13-26-18/h6-11,13,15,20H,4-5,12,14H2,1-3H3,(H,21,23)/t15-/m0/s1. The summed E-state index contributed by atoms with van der Waals surface area (Å²) in [5.74, 6) is 0.536. The number of unbranched alkanes of at least 4 members (excludes halogenated alkanes) is 1. The summed E-state index contributed by atoms with van der Waals surface area (Å²) in [4.78, 5) is 12.3. The number of carbonyl (C=O) groups is 1. The Kier molecular flexibility index (Phi) is 7.58. The van der Waals surface area contributed by atoms with Crippen LogP contribution >= 0.6 is 0 Å². The topological polar surface area (TPSA) is 91.7 Å². The summed E-state index contributed by atoms with van der Waals surface area (Å²) in [6.07, 6.45) is 3.33. The van der Waals surface area contributed by atoms with Crippen LogP contribution in [0.25, 0.3) is 0 Å². The van der Waals surface area contributed by atoms with Gasteiger partial charge in [0.1, 0.15) is 5.76 Å². The van der Waals surface area contributed by atoms with E-state index in [2.05, 4.69) is 10.6 Å². The number of sulfonamides is 1. The first-order valence-corrected chi connectivity index (χ1v) is 10.4. The first-order valence-electron chi connectivity index (χ1n) is 8.97. The highest BCUT2D eigenvalue weighted by Crippen LogP contribution is 2.18. The summed E-state index contributed by atoms with van der Waals surface area (Å²) in [5.41, 5.74) is 0.544. The highest BCUT2D eigenvalue weighted by molar-refractivity contribution is 7.89. The van der Waals surface area contributed by atoms with Crippen LogP contribution in [0.5, 0.6) is 0 Å². The van der Waals surface area contributed by atoms with Crippen molar-refractivity contribution in [2.75, 3.05) is 25.5 Å². The fourth-order valence-corrected chi connectivity index (χ4v) is 3.69. The molecule has 0 spiro atoms. The van der Waals surface area contributed by atoms with Gasteiger partial charge in [-0.05, 0) is 49.7 Å². The second-order valence-electron chi connectivity index (χ2n) is 6.37. The Morgan fingerprint density at radius 2 is 1.93 bits per heavy atom. The van der Waals surface area contributed by atoms with Gasteiger partial charge in [-0.1, -0.05) is 13.3 Å². The van der Waals surface area contributed by atoms with Crippen molar-refractivity contribution in [1.29, 1.82) is 0 Å². The molecule has 0 aliphatic rings. The number of nitrogens with one attached hydrogen (secondary N) is 2. The Hall–Kier alpha value is -2.16. The van der Waals surface area contributed by atoms with Crippen molar-refractivity contribution in [3.05, 3.63) is 48.4 Å².